The fraction of sp³-hybridized carbons (Fsp3) is 0.211. The maximum atomic E-state index is 14.1. The van der Waals surface area contributed by atoms with Crippen molar-refractivity contribution in [3.05, 3.63) is 77.4 Å². The Kier molecular flexibility index (Phi) is 4.71. The quantitative estimate of drug-likeness (QED) is 0.905. The zero-order valence-corrected chi connectivity index (χ0v) is 13.0. The van der Waals surface area contributed by atoms with Gasteiger partial charge in [-0.15, -0.1) is 0 Å². The Balaban J connectivity index is 1.93. The van der Waals surface area contributed by atoms with Crippen LogP contribution in [0, 0.1) is 11.6 Å². The number of carbonyl (C=O) groups is 1. The number of carboxylic acid groups (broad SMARTS) is 1. The van der Waals surface area contributed by atoms with Gasteiger partial charge in [0.2, 0.25) is 0 Å². The number of carboxylic acids is 1. The van der Waals surface area contributed by atoms with Crippen molar-refractivity contribution in [1.29, 1.82) is 0 Å². The van der Waals surface area contributed by atoms with Crippen molar-refractivity contribution >= 4 is 11.5 Å². The first-order chi connectivity index (χ1) is 11.5. The summed E-state index contributed by atoms with van der Waals surface area (Å²) in [5.74, 6) is -1.85. The van der Waals surface area contributed by atoms with E-state index < -0.39 is 17.6 Å². The van der Waals surface area contributed by atoms with E-state index in [1.807, 2.05) is 41.3 Å². The molecule has 3 rings (SSSR count). The molecule has 0 fully saturated rings. The second-order valence-electron chi connectivity index (χ2n) is 5.79. The number of nitrogens with zero attached hydrogens (tertiary/aromatic N) is 1. The Hall–Kier alpha value is -2.53. The third kappa shape index (κ3) is 3.51. The van der Waals surface area contributed by atoms with E-state index in [1.54, 1.807) is 0 Å². The predicted octanol–water partition coefficient (Wildman–Crippen LogP) is 3.88. The largest absolute Gasteiger partial charge is 0.481 e. The fourth-order valence-corrected chi connectivity index (χ4v) is 3.00. The van der Waals surface area contributed by atoms with E-state index in [2.05, 4.69) is 0 Å². The van der Waals surface area contributed by atoms with Gasteiger partial charge in [-0.2, -0.15) is 0 Å². The van der Waals surface area contributed by atoms with E-state index in [9.17, 15) is 13.6 Å². The Morgan fingerprint density at radius 2 is 1.92 bits per heavy atom. The molecule has 124 valence electrons. The van der Waals surface area contributed by atoms with Gasteiger partial charge in [-0.25, -0.2) is 8.78 Å². The zero-order valence-electron chi connectivity index (χ0n) is 13.0. The maximum Gasteiger partial charge on any atom is 0.304 e. The normalized spacial score (nSPS) is 17.8. The molecular weight excluding hydrogens is 312 g/mol. The van der Waals surface area contributed by atoms with Gasteiger partial charge < -0.3 is 5.11 Å². The van der Waals surface area contributed by atoms with Crippen molar-refractivity contribution < 1.29 is 18.7 Å². The van der Waals surface area contributed by atoms with Gasteiger partial charge in [0.25, 0.3) is 0 Å². The molecule has 1 aliphatic heterocycles. The van der Waals surface area contributed by atoms with Crippen molar-refractivity contribution in [2.75, 3.05) is 13.1 Å². The van der Waals surface area contributed by atoms with Crippen LogP contribution in [0.1, 0.15) is 23.6 Å². The van der Waals surface area contributed by atoms with Gasteiger partial charge in [0.1, 0.15) is 11.6 Å². The molecule has 3 nitrogen and oxygen atoms in total. The molecule has 0 amide bonds. The van der Waals surface area contributed by atoms with E-state index in [0.717, 1.165) is 17.7 Å². The van der Waals surface area contributed by atoms with Crippen molar-refractivity contribution in [1.82, 2.24) is 4.90 Å². The highest BCUT2D eigenvalue weighted by Crippen LogP contribution is 2.35. The van der Waals surface area contributed by atoms with E-state index >= 15 is 0 Å². The predicted molar refractivity (Wildman–Crippen MR) is 87.3 cm³/mol. The summed E-state index contributed by atoms with van der Waals surface area (Å²) in [6, 6.07) is 12.8. The number of aliphatic carboxylic acids is 1. The SMILES string of the molecule is O=C(O)CCN1CC(c2cc(F)ccc2F)=C[C@H]1c1ccccc1. The Bertz CT molecular complexity index is 774. The molecule has 2 aromatic carbocycles. The first-order valence-electron chi connectivity index (χ1n) is 7.71. The average molecular weight is 329 g/mol. The number of rotatable bonds is 5. The monoisotopic (exact) mass is 329 g/mol. The third-order valence-corrected chi connectivity index (χ3v) is 4.15. The van der Waals surface area contributed by atoms with Gasteiger partial charge >= 0.3 is 5.97 Å². The lowest BCUT2D eigenvalue weighted by atomic mass is 10.0. The minimum Gasteiger partial charge on any atom is -0.481 e. The molecule has 1 atom stereocenters. The molecule has 0 radical (unpaired) electrons. The van der Waals surface area contributed by atoms with E-state index in [4.69, 9.17) is 5.11 Å². The van der Waals surface area contributed by atoms with Crippen LogP contribution in [0.2, 0.25) is 0 Å². The second kappa shape index (κ2) is 6.93. The number of halogens is 2. The summed E-state index contributed by atoms with van der Waals surface area (Å²) >= 11 is 0. The maximum absolute atomic E-state index is 14.1. The molecule has 0 aromatic heterocycles. The first kappa shape index (κ1) is 16.3. The summed E-state index contributed by atoms with van der Waals surface area (Å²) in [5.41, 5.74) is 1.90. The van der Waals surface area contributed by atoms with Crippen LogP contribution in [0.5, 0.6) is 0 Å². The van der Waals surface area contributed by atoms with Crippen LogP contribution in [0.15, 0.2) is 54.6 Å². The van der Waals surface area contributed by atoms with Crippen molar-refractivity contribution in [3.63, 3.8) is 0 Å². The van der Waals surface area contributed by atoms with Crippen LogP contribution < -0.4 is 0 Å². The summed E-state index contributed by atoms with van der Waals surface area (Å²) in [7, 11) is 0. The van der Waals surface area contributed by atoms with Crippen LogP contribution in [0.3, 0.4) is 0 Å². The average Bonchev–Trinajstić information content (AvgIpc) is 3.00. The highest BCUT2D eigenvalue weighted by atomic mass is 19.1. The minimum absolute atomic E-state index is 0.00388. The molecule has 0 spiro atoms. The van der Waals surface area contributed by atoms with Crippen LogP contribution >= 0.6 is 0 Å². The van der Waals surface area contributed by atoms with Crippen LogP contribution in [-0.2, 0) is 4.79 Å². The molecule has 0 unspecified atom stereocenters. The summed E-state index contributed by atoms with van der Waals surface area (Å²) in [5, 5.41) is 8.94. The lowest BCUT2D eigenvalue weighted by Gasteiger charge is -2.24. The number of hydrogen-bond acceptors (Lipinski definition) is 2. The Morgan fingerprint density at radius 1 is 1.17 bits per heavy atom. The lowest BCUT2D eigenvalue weighted by Crippen LogP contribution is -2.27. The molecule has 1 aliphatic rings. The third-order valence-electron chi connectivity index (χ3n) is 4.15. The Labute approximate surface area is 138 Å². The van der Waals surface area contributed by atoms with Crippen LogP contribution in [0.4, 0.5) is 8.78 Å². The van der Waals surface area contributed by atoms with Gasteiger partial charge in [-0.1, -0.05) is 36.4 Å². The lowest BCUT2D eigenvalue weighted by molar-refractivity contribution is -0.137. The fourth-order valence-electron chi connectivity index (χ4n) is 3.00. The molecule has 0 saturated heterocycles. The standard InChI is InChI=1S/C19H17F2NO2/c20-15-6-7-17(21)16(11-15)14-10-18(13-4-2-1-3-5-13)22(12-14)9-8-19(23)24/h1-7,10-11,18H,8-9,12H2,(H,23,24)/t18-/m0/s1. The first-order valence-corrected chi connectivity index (χ1v) is 7.71. The second-order valence-corrected chi connectivity index (χ2v) is 5.79. The van der Waals surface area contributed by atoms with E-state index in [1.165, 1.54) is 6.07 Å². The number of hydrogen-bond donors (Lipinski definition) is 1. The summed E-state index contributed by atoms with van der Waals surface area (Å²) < 4.78 is 27.6. The zero-order chi connectivity index (χ0) is 17.1. The smallest absolute Gasteiger partial charge is 0.304 e. The van der Waals surface area contributed by atoms with Gasteiger partial charge in [0.05, 0.1) is 12.5 Å². The molecule has 0 saturated carbocycles. The van der Waals surface area contributed by atoms with E-state index in [0.29, 0.717) is 18.7 Å². The van der Waals surface area contributed by atoms with Gasteiger partial charge in [-0.3, -0.25) is 9.69 Å². The highest BCUT2D eigenvalue weighted by Gasteiger charge is 2.28. The van der Waals surface area contributed by atoms with Crippen LogP contribution in [0.25, 0.3) is 5.57 Å². The van der Waals surface area contributed by atoms with Gasteiger partial charge in [-0.05, 0) is 29.3 Å². The number of benzene rings is 2. The molecule has 1 heterocycles. The van der Waals surface area contributed by atoms with Gasteiger partial charge in [0, 0.05) is 18.7 Å². The molecule has 24 heavy (non-hydrogen) atoms. The van der Waals surface area contributed by atoms with Crippen LogP contribution in [-0.4, -0.2) is 29.1 Å². The van der Waals surface area contributed by atoms with Gasteiger partial charge in [0.15, 0.2) is 0 Å². The topological polar surface area (TPSA) is 40.5 Å². The minimum atomic E-state index is -0.882. The summed E-state index contributed by atoms with van der Waals surface area (Å²) in [6.45, 7) is 0.721. The summed E-state index contributed by atoms with van der Waals surface area (Å²) in [4.78, 5) is 12.9. The van der Waals surface area contributed by atoms with Crippen molar-refractivity contribution in [2.45, 2.75) is 12.5 Å². The molecule has 0 aliphatic carbocycles. The molecule has 5 heteroatoms. The van der Waals surface area contributed by atoms with Crippen molar-refractivity contribution in [2.24, 2.45) is 0 Å². The molecule has 2 aromatic rings. The molecule has 0 bridgehead atoms. The van der Waals surface area contributed by atoms with Crippen molar-refractivity contribution in [3.8, 4) is 0 Å². The summed E-state index contributed by atoms with van der Waals surface area (Å²) in [6.07, 6.45) is 1.88. The highest BCUT2D eigenvalue weighted by molar-refractivity contribution is 5.71. The van der Waals surface area contributed by atoms with E-state index in [-0.39, 0.29) is 18.0 Å². The molecule has 1 N–H and O–H groups in total. The Morgan fingerprint density at radius 3 is 2.62 bits per heavy atom. The molecular formula is C19H17F2NO2.